The Hall–Kier alpha value is -1.92. The van der Waals surface area contributed by atoms with E-state index in [0.29, 0.717) is 18.5 Å². The van der Waals surface area contributed by atoms with Crippen LogP contribution in [0.25, 0.3) is 10.8 Å². The lowest BCUT2D eigenvalue weighted by atomic mass is 10.1. The molecule has 0 unspecified atom stereocenters. The Kier molecular flexibility index (Phi) is 4.29. The number of carbonyl (C=O) groups excluding carboxylic acids is 1. The summed E-state index contributed by atoms with van der Waals surface area (Å²) in [7, 11) is -4.00. The second-order valence-corrected chi connectivity index (χ2v) is 6.18. The van der Waals surface area contributed by atoms with Crippen molar-refractivity contribution in [1.82, 2.24) is 4.90 Å². The van der Waals surface area contributed by atoms with Gasteiger partial charge in [-0.05, 0) is 25.3 Å². The summed E-state index contributed by atoms with van der Waals surface area (Å²) < 4.78 is 24.0. The Morgan fingerprint density at radius 1 is 1.10 bits per heavy atom. The second kappa shape index (κ2) is 5.83. The first-order valence-corrected chi connectivity index (χ1v) is 8.28. The van der Waals surface area contributed by atoms with Crippen molar-refractivity contribution in [3.8, 4) is 0 Å². The molecule has 0 fully saturated rings. The summed E-state index contributed by atoms with van der Waals surface area (Å²) in [5, 5.41) is 6.55. The zero-order valence-electron chi connectivity index (χ0n) is 12.0. The Balaban J connectivity index is 2.78. The molecule has 5 nitrogen and oxygen atoms in total. The molecule has 0 spiro atoms. The maximum Gasteiger partial charge on any atom is 0.255 e. The standard InChI is InChI=1S/C15H18N2O3S/c1-3-17(4-2)15(18)13-10-9-11-7-5-6-8-12(11)14(13)21(16,19)20/h5-10H,3-4H2,1-2H3,(H2,16,19,20). The Bertz CT molecular complexity index is 781. The van der Waals surface area contributed by atoms with Gasteiger partial charge in [0.15, 0.2) is 0 Å². The van der Waals surface area contributed by atoms with E-state index in [0.717, 1.165) is 5.39 Å². The summed E-state index contributed by atoms with van der Waals surface area (Å²) in [6.45, 7) is 4.70. The van der Waals surface area contributed by atoms with Crippen LogP contribution in [0.5, 0.6) is 0 Å². The zero-order chi connectivity index (χ0) is 15.6. The lowest BCUT2D eigenvalue weighted by Crippen LogP contribution is -2.32. The number of nitrogens with zero attached hydrogens (tertiary/aromatic N) is 1. The molecule has 0 saturated carbocycles. The number of hydrogen-bond acceptors (Lipinski definition) is 3. The first kappa shape index (κ1) is 15.5. The number of primary sulfonamides is 1. The summed E-state index contributed by atoms with van der Waals surface area (Å²) >= 11 is 0. The molecule has 2 N–H and O–H groups in total. The maximum atomic E-state index is 12.5. The van der Waals surface area contributed by atoms with Gasteiger partial charge in [0, 0.05) is 18.5 Å². The van der Waals surface area contributed by atoms with Crippen LogP contribution in [0.3, 0.4) is 0 Å². The first-order chi connectivity index (χ1) is 9.90. The van der Waals surface area contributed by atoms with Gasteiger partial charge in [-0.2, -0.15) is 0 Å². The van der Waals surface area contributed by atoms with Crippen LogP contribution < -0.4 is 5.14 Å². The zero-order valence-corrected chi connectivity index (χ0v) is 12.9. The number of rotatable bonds is 4. The molecule has 2 aromatic rings. The van der Waals surface area contributed by atoms with Crippen LogP contribution >= 0.6 is 0 Å². The predicted octanol–water partition coefficient (Wildman–Crippen LogP) is 1.97. The monoisotopic (exact) mass is 306 g/mol. The van der Waals surface area contributed by atoms with E-state index in [-0.39, 0.29) is 16.4 Å². The lowest BCUT2D eigenvalue weighted by molar-refractivity contribution is 0.0769. The predicted molar refractivity (Wildman–Crippen MR) is 82.6 cm³/mol. The van der Waals surface area contributed by atoms with E-state index >= 15 is 0 Å². The van der Waals surface area contributed by atoms with Crippen LogP contribution in [0.15, 0.2) is 41.3 Å². The van der Waals surface area contributed by atoms with Crippen LogP contribution in [-0.2, 0) is 10.0 Å². The van der Waals surface area contributed by atoms with Crippen molar-refractivity contribution in [2.24, 2.45) is 5.14 Å². The van der Waals surface area contributed by atoms with Crippen LogP contribution in [0.4, 0.5) is 0 Å². The third-order valence-electron chi connectivity index (χ3n) is 3.45. The van der Waals surface area contributed by atoms with Gasteiger partial charge in [0.25, 0.3) is 5.91 Å². The third kappa shape index (κ3) is 2.91. The molecular formula is C15H18N2O3S. The molecule has 0 radical (unpaired) electrons. The van der Waals surface area contributed by atoms with Crippen molar-refractivity contribution < 1.29 is 13.2 Å². The van der Waals surface area contributed by atoms with Crippen molar-refractivity contribution in [2.45, 2.75) is 18.7 Å². The van der Waals surface area contributed by atoms with Gasteiger partial charge in [0.2, 0.25) is 10.0 Å². The molecule has 0 aromatic heterocycles. The van der Waals surface area contributed by atoms with Gasteiger partial charge in [0.05, 0.1) is 5.56 Å². The number of nitrogens with two attached hydrogens (primary N) is 1. The SMILES string of the molecule is CCN(CC)C(=O)c1ccc2ccccc2c1S(N)(=O)=O. The fraction of sp³-hybridized carbons (Fsp3) is 0.267. The summed E-state index contributed by atoms with van der Waals surface area (Å²) in [5.74, 6) is -0.324. The Labute approximate surface area is 124 Å². The Morgan fingerprint density at radius 2 is 1.71 bits per heavy atom. The average molecular weight is 306 g/mol. The van der Waals surface area contributed by atoms with E-state index in [2.05, 4.69) is 0 Å². The number of hydrogen-bond donors (Lipinski definition) is 1. The fourth-order valence-corrected chi connectivity index (χ4v) is 3.35. The van der Waals surface area contributed by atoms with Crippen LogP contribution in [-0.4, -0.2) is 32.3 Å². The largest absolute Gasteiger partial charge is 0.339 e. The Morgan fingerprint density at radius 3 is 2.29 bits per heavy atom. The smallest absolute Gasteiger partial charge is 0.255 e. The van der Waals surface area contributed by atoms with Gasteiger partial charge in [-0.1, -0.05) is 30.3 Å². The topological polar surface area (TPSA) is 80.5 Å². The number of benzene rings is 2. The molecule has 0 aliphatic rings. The number of sulfonamides is 1. The van der Waals surface area contributed by atoms with Crippen LogP contribution in [0, 0.1) is 0 Å². The van der Waals surface area contributed by atoms with Gasteiger partial charge >= 0.3 is 0 Å². The summed E-state index contributed by atoms with van der Waals surface area (Å²) in [4.78, 5) is 14.0. The lowest BCUT2D eigenvalue weighted by Gasteiger charge is -2.20. The van der Waals surface area contributed by atoms with E-state index in [1.165, 1.54) is 6.07 Å². The van der Waals surface area contributed by atoms with Crippen molar-refractivity contribution in [3.63, 3.8) is 0 Å². The number of fused-ring (bicyclic) bond motifs is 1. The van der Waals surface area contributed by atoms with E-state index in [9.17, 15) is 13.2 Å². The maximum absolute atomic E-state index is 12.5. The third-order valence-corrected chi connectivity index (χ3v) is 4.45. The molecule has 112 valence electrons. The van der Waals surface area contributed by atoms with Gasteiger partial charge < -0.3 is 4.90 Å². The van der Waals surface area contributed by atoms with E-state index in [1.54, 1.807) is 35.2 Å². The molecule has 1 amide bonds. The highest BCUT2D eigenvalue weighted by Gasteiger charge is 2.24. The van der Waals surface area contributed by atoms with Crippen LogP contribution in [0.1, 0.15) is 24.2 Å². The summed E-state index contributed by atoms with van der Waals surface area (Å²) in [6.07, 6.45) is 0. The average Bonchev–Trinajstić information content (AvgIpc) is 2.46. The van der Waals surface area contributed by atoms with Gasteiger partial charge in [-0.15, -0.1) is 0 Å². The molecule has 0 heterocycles. The summed E-state index contributed by atoms with van der Waals surface area (Å²) in [6, 6.07) is 10.2. The van der Waals surface area contributed by atoms with Crippen LogP contribution in [0.2, 0.25) is 0 Å². The normalized spacial score (nSPS) is 11.6. The highest BCUT2D eigenvalue weighted by Crippen LogP contribution is 2.27. The molecule has 0 bridgehead atoms. The molecule has 0 aliphatic carbocycles. The molecule has 0 atom stereocenters. The van der Waals surface area contributed by atoms with E-state index in [4.69, 9.17) is 5.14 Å². The van der Waals surface area contributed by atoms with Gasteiger partial charge in [0.1, 0.15) is 4.90 Å². The highest BCUT2D eigenvalue weighted by atomic mass is 32.2. The van der Waals surface area contributed by atoms with Crippen molar-refractivity contribution >= 4 is 26.7 Å². The minimum atomic E-state index is -4.00. The minimum absolute atomic E-state index is 0.0995. The number of carbonyl (C=O) groups is 1. The van der Waals surface area contributed by atoms with Crippen molar-refractivity contribution in [1.29, 1.82) is 0 Å². The molecule has 2 rings (SSSR count). The molecular weight excluding hydrogens is 288 g/mol. The molecule has 21 heavy (non-hydrogen) atoms. The van der Waals surface area contributed by atoms with E-state index < -0.39 is 10.0 Å². The van der Waals surface area contributed by atoms with Gasteiger partial charge in [-0.3, -0.25) is 4.79 Å². The number of amides is 1. The first-order valence-electron chi connectivity index (χ1n) is 6.74. The molecule has 0 aliphatic heterocycles. The second-order valence-electron chi connectivity index (χ2n) is 4.69. The quantitative estimate of drug-likeness (QED) is 0.937. The van der Waals surface area contributed by atoms with Crippen molar-refractivity contribution in [2.75, 3.05) is 13.1 Å². The molecule has 0 saturated heterocycles. The molecule has 2 aromatic carbocycles. The highest BCUT2D eigenvalue weighted by molar-refractivity contribution is 7.89. The fourth-order valence-electron chi connectivity index (χ4n) is 2.40. The van der Waals surface area contributed by atoms with E-state index in [1.807, 2.05) is 13.8 Å². The minimum Gasteiger partial charge on any atom is -0.339 e. The van der Waals surface area contributed by atoms with Crippen molar-refractivity contribution in [3.05, 3.63) is 42.0 Å². The molecule has 6 heteroatoms. The van der Waals surface area contributed by atoms with Gasteiger partial charge in [-0.25, -0.2) is 13.6 Å². The summed E-state index contributed by atoms with van der Waals surface area (Å²) in [5.41, 5.74) is 0.125.